The molecule has 10 heavy (non-hydrogen) atoms. The van der Waals surface area contributed by atoms with Crippen LogP contribution in [0.1, 0.15) is 25.7 Å². The summed E-state index contributed by atoms with van der Waals surface area (Å²) in [5.41, 5.74) is 11.2. The molecule has 60 valence electrons. The second kappa shape index (κ2) is 2.86. The standard InChI is InChI=1S/C7H16N2O/c8-6-1-3-7(9,5-10)4-2-6/h6,10H,1-5,8-9H2/t6-,7-. The Labute approximate surface area is 61.4 Å². The highest BCUT2D eigenvalue weighted by molar-refractivity contribution is 4.90. The number of hydrogen-bond acceptors (Lipinski definition) is 3. The molecule has 1 fully saturated rings. The van der Waals surface area contributed by atoms with Gasteiger partial charge >= 0.3 is 0 Å². The molecule has 0 unspecified atom stereocenters. The first-order valence-corrected chi connectivity index (χ1v) is 3.82. The summed E-state index contributed by atoms with van der Waals surface area (Å²) >= 11 is 0. The lowest BCUT2D eigenvalue weighted by molar-refractivity contribution is 0.150. The van der Waals surface area contributed by atoms with E-state index in [0.717, 1.165) is 25.7 Å². The van der Waals surface area contributed by atoms with Gasteiger partial charge in [-0.05, 0) is 25.7 Å². The van der Waals surface area contributed by atoms with Crippen LogP contribution in [0, 0.1) is 0 Å². The lowest BCUT2D eigenvalue weighted by atomic mass is 9.81. The van der Waals surface area contributed by atoms with Gasteiger partial charge in [0.2, 0.25) is 0 Å². The zero-order valence-corrected chi connectivity index (χ0v) is 6.21. The summed E-state index contributed by atoms with van der Waals surface area (Å²) in [6.07, 6.45) is 3.64. The van der Waals surface area contributed by atoms with E-state index in [1.54, 1.807) is 0 Å². The molecule has 0 heterocycles. The van der Waals surface area contributed by atoms with Crippen molar-refractivity contribution in [1.82, 2.24) is 0 Å². The van der Waals surface area contributed by atoms with Crippen molar-refractivity contribution in [3.05, 3.63) is 0 Å². The number of nitrogens with two attached hydrogens (primary N) is 2. The summed E-state index contributed by atoms with van der Waals surface area (Å²) in [6, 6.07) is 0.309. The van der Waals surface area contributed by atoms with Gasteiger partial charge in [-0.25, -0.2) is 0 Å². The van der Waals surface area contributed by atoms with Crippen molar-refractivity contribution >= 4 is 0 Å². The van der Waals surface area contributed by atoms with Crippen molar-refractivity contribution in [3.63, 3.8) is 0 Å². The topological polar surface area (TPSA) is 72.3 Å². The van der Waals surface area contributed by atoms with Crippen LogP contribution in [0.5, 0.6) is 0 Å². The zero-order valence-electron chi connectivity index (χ0n) is 6.21. The van der Waals surface area contributed by atoms with Crippen molar-refractivity contribution in [1.29, 1.82) is 0 Å². The Balaban J connectivity index is 2.38. The van der Waals surface area contributed by atoms with Crippen LogP contribution in [-0.4, -0.2) is 23.3 Å². The summed E-state index contributed by atoms with van der Waals surface area (Å²) in [5, 5.41) is 8.87. The first-order chi connectivity index (χ1) is 4.66. The van der Waals surface area contributed by atoms with E-state index in [9.17, 15) is 0 Å². The van der Waals surface area contributed by atoms with E-state index in [-0.39, 0.29) is 12.1 Å². The average Bonchev–Trinajstić information content (AvgIpc) is 1.96. The highest BCUT2D eigenvalue weighted by Crippen LogP contribution is 2.24. The zero-order chi connectivity index (χ0) is 7.61. The molecule has 0 bridgehead atoms. The summed E-state index contributed by atoms with van der Waals surface area (Å²) < 4.78 is 0. The van der Waals surface area contributed by atoms with Crippen LogP contribution in [0.15, 0.2) is 0 Å². The van der Waals surface area contributed by atoms with Crippen molar-refractivity contribution in [2.75, 3.05) is 6.61 Å². The molecule has 0 aliphatic heterocycles. The average molecular weight is 144 g/mol. The molecule has 3 nitrogen and oxygen atoms in total. The Kier molecular flexibility index (Phi) is 2.28. The lowest BCUT2D eigenvalue weighted by Gasteiger charge is -2.34. The van der Waals surface area contributed by atoms with Gasteiger partial charge in [-0.2, -0.15) is 0 Å². The Hall–Kier alpha value is -0.120. The molecule has 0 aromatic heterocycles. The maximum atomic E-state index is 8.87. The largest absolute Gasteiger partial charge is 0.394 e. The van der Waals surface area contributed by atoms with Crippen LogP contribution >= 0.6 is 0 Å². The van der Waals surface area contributed by atoms with Crippen LogP contribution in [0.2, 0.25) is 0 Å². The van der Waals surface area contributed by atoms with Crippen molar-refractivity contribution in [2.24, 2.45) is 11.5 Å². The van der Waals surface area contributed by atoms with Gasteiger partial charge in [0.25, 0.3) is 0 Å². The van der Waals surface area contributed by atoms with Gasteiger partial charge in [-0.1, -0.05) is 0 Å². The van der Waals surface area contributed by atoms with Gasteiger partial charge in [-0.3, -0.25) is 0 Å². The van der Waals surface area contributed by atoms with E-state index < -0.39 is 0 Å². The third-order valence-corrected chi connectivity index (χ3v) is 2.34. The maximum absolute atomic E-state index is 8.87. The van der Waals surface area contributed by atoms with E-state index in [1.165, 1.54) is 0 Å². The predicted molar refractivity (Wildman–Crippen MR) is 40.4 cm³/mol. The molecule has 0 radical (unpaired) electrons. The Morgan fingerprint density at radius 3 is 2.30 bits per heavy atom. The number of aliphatic hydroxyl groups is 1. The highest BCUT2D eigenvalue weighted by atomic mass is 16.3. The summed E-state index contributed by atoms with van der Waals surface area (Å²) in [6.45, 7) is 0.0969. The molecule has 0 atom stereocenters. The highest BCUT2D eigenvalue weighted by Gasteiger charge is 2.29. The second-order valence-electron chi connectivity index (χ2n) is 3.36. The molecule has 0 spiro atoms. The Morgan fingerprint density at radius 2 is 1.90 bits per heavy atom. The minimum absolute atomic E-state index is 0.0969. The van der Waals surface area contributed by atoms with E-state index in [1.807, 2.05) is 0 Å². The van der Waals surface area contributed by atoms with Crippen LogP contribution in [0.25, 0.3) is 0 Å². The molecule has 0 amide bonds. The summed E-state index contributed by atoms with van der Waals surface area (Å²) in [5.74, 6) is 0. The van der Waals surface area contributed by atoms with Gasteiger partial charge in [-0.15, -0.1) is 0 Å². The van der Waals surface area contributed by atoms with Crippen LogP contribution in [-0.2, 0) is 0 Å². The third-order valence-electron chi connectivity index (χ3n) is 2.34. The number of rotatable bonds is 1. The Morgan fingerprint density at radius 1 is 1.40 bits per heavy atom. The van der Waals surface area contributed by atoms with Crippen LogP contribution < -0.4 is 11.5 Å². The fourth-order valence-corrected chi connectivity index (χ4v) is 1.37. The van der Waals surface area contributed by atoms with Crippen molar-refractivity contribution < 1.29 is 5.11 Å². The predicted octanol–water partition coefficient (Wildman–Crippen LogP) is -0.423. The molecule has 3 heteroatoms. The second-order valence-corrected chi connectivity index (χ2v) is 3.36. The molecule has 1 aliphatic carbocycles. The third kappa shape index (κ3) is 1.68. The maximum Gasteiger partial charge on any atom is 0.0611 e. The monoisotopic (exact) mass is 144 g/mol. The minimum Gasteiger partial charge on any atom is -0.394 e. The molecule has 0 aromatic rings. The fraction of sp³-hybridized carbons (Fsp3) is 1.00. The van der Waals surface area contributed by atoms with Gasteiger partial charge in [0.1, 0.15) is 0 Å². The summed E-state index contributed by atoms with van der Waals surface area (Å²) in [4.78, 5) is 0. The van der Waals surface area contributed by atoms with Crippen LogP contribution in [0.4, 0.5) is 0 Å². The molecular weight excluding hydrogens is 128 g/mol. The molecule has 5 N–H and O–H groups in total. The lowest BCUT2D eigenvalue weighted by Crippen LogP contribution is -2.48. The van der Waals surface area contributed by atoms with Crippen LogP contribution in [0.3, 0.4) is 0 Å². The van der Waals surface area contributed by atoms with E-state index in [4.69, 9.17) is 16.6 Å². The molecule has 0 saturated heterocycles. The SMILES string of the molecule is N[C@H]1CC[C@@](N)(CO)CC1. The fourth-order valence-electron chi connectivity index (χ4n) is 1.37. The van der Waals surface area contributed by atoms with Gasteiger partial charge in [0.15, 0.2) is 0 Å². The van der Waals surface area contributed by atoms with Crippen molar-refractivity contribution in [3.8, 4) is 0 Å². The first kappa shape index (κ1) is 7.98. The summed E-state index contributed by atoms with van der Waals surface area (Å²) in [7, 11) is 0. The van der Waals surface area contributed by atoms with E-state index in [2.05, 4.69) is 0 Å². The van der Waals surface area contributed by atoms with E-state index >= 15 is 0 Å². The number of hydrogen-bond donors (Lipinski definition) is 3. The molecule has 1 aliphatic rings. The molecular formula is C7H16N2O. The minimum atomic E-state index is -0.324. The molecule has 0 aromatic carbocycles. The first-order valence-electron chi connectivity index (χ1n) is 3.82. The molecule has 1 rings (SSSR count). The van der Waals surface area contributed by atoms with Gasteiger partial charge in [0.05, 0.1) is 6.61 Å². The van der Waals surface area contributed by atoms with E-state index in [0.29, 0.717) is 6.04 Å². The van der Waals surface area contributed by atoms with Gasteiger partial charge < -0.3 is 16.6 Å². The quantitative estimate of drug-likeness (QED) is 0.468. The number of aliphatic hydroxyl groups excluding tert-OH is 1. The molecule has 1 saturated carbocycles. The van der Waals surface area contributed by atoms with Gasteiger partial charge in [0, 0.05) is 11.6 Å². The Bertz CT molecular complexity index is 108. The normalized spacial score (nSPS) is 41.7. The van der Waals surface area contributed by atoms with Crippen molar-refractivity contribution in [2.45, 2.75) is 37.3 Å². The smallest absolute Gasteiger partial charge is 0.0611 e.